The molecule has 0 bridgehead atoms. The number of hydrogen-bond acceptors (Lipinski definition) is 6. The minimum Gasteiger partial charge on any atom is -0.463 e. The first kappa shape index (κ1) is 24.2. The molecule has 1 aliphatic heterocycles. The third-order valence-corrected chi connectivity index (χ3v) is 7.58. The van der Waals surface area contributed by atoms with Gasteiger partial charge < -0.3 is 4.74 Å². The summed E-state index contributed by atoms with van der Waals surface area (Å²) < 4.78 is 7.58. The summed E-state index contributed by atoms with van der Waals surface area (Å²) in [5.41, 5.74) is 3.82. The Hall–Kier alpha value is -2.90. The monoisotopic (exact) mass is 492 g/mol. The zero-order valence-corrected chi connectivity index (χ0v) is 21.6. The molecule has 0 fully saturated rings. The topological polar surface area (TPSA) is 60.7 Å². The van der Waals surface area contributed by atoms with Gasteiger partial charge in [0.15, 0.2) is 4.80 Å². The van der Waals surface area contributed by atoms with E-state index in [0.717, 1.165) is 16.0 Å². The van der Waals surface area contributed by atoms with Crippen molar-refractivity contribution in [2.24, 2.45) is 4.99 Å². The lowest BCUT2D eigenvalue weighted by atomic mass is 9.93. The van der Waals surface area contributed by atoms with E-state index in [2.05, 4.69) is 31.0 Å². The molecule has 0 saturated carbocycles. The highest BCUT2D eigenvalue weighted by Crippen LogP contribution is 2.31. The molecule has 0 amide bonds. The number of carbonyl (C=O) groups excluding carboxylic acids is 1. The van der Waals surface area contributed by atoms with Crippen molar-refractivity contribution >= 4 is 35.1 Å². The van der Waals surface area contributed by atoms with Gasteiger partial charge in [0.1, 0.15) is 0 Å². The van der Waals surface area contributed by atoms with Gasteiger partial charge in [0.2, 0.25) is 0 Å². The quantitative estimate of drug-likeness (QED) is 0.371. The second-order valence-electron chi connectivity index (χ2n) is 8.40. The summed E-state index contributed by atoms with van der Waals surface area (Å²) in [7, 11) is 0. The molecule has 0 radical (unpaired) electrons. The Bertz CT molecular complexity index is 1410. The van der Waals surface area contributed by atoms with Crippen LogP contribution < -0.4 is 14.9 Å². The van der Waals surface area contributed by atoms with Gasteiger partial charge in [0.05, 0.1) is 28.5 Å². The van der Waals surface area contributed by atoms with Gasteiger partial charge in [-0.2, -0.15) is 0 Å². The average molecular weight is 493 g/mol. The van der Waals surface area contributed by atoms with Crippen LogP contribution in [0.3, 0.4) is 0 Å². The van der Waals surface area contributed by atoms with Crippen molar-refractivity contribution < 1.29 is 9.53 Å². The molecule has 3 aromatic rings. The highest BCUT2D eigenvalue weighted by molar-refractivity contribution is 7.98. The molecule has 0 aliphatic carbocycles. The molecule has 0 N–H and O–H groups in total. The van der Waals surface area contributed by atoms with Gasteiger partial charge in [-0.25, -0.2) is 9.79 Å². The van der Waals surface area contributed by atoms with Gasteiger partial charge in [-0.3, -0.25) is 9.36 Å². The van der Waals surface area contributed by atoms with Gasteiger partial charge in [-0.05, 0) is 60.9 Å². The highest BCUT2D eigenvalue weighted by atomic mass is 32.2. The van der Waals surface area contributed by atoms with Gasteiger partial charge in [-0.15, -0.1) is 11.8 Å². The fourth-order valence-electron chi connectivity index (χ4n) is 4.02. The number of fused-ring (bicyclic) bond motifs is 1. The van der Waals surface area contributed by atoms with Crippen LogP contribution in [-0.2, 0) is 9.53 Å². The molecule has 1 aliphatic rings. The Morgan fingerprint density at radius 3 is 2.44 bits per heavy atom. The Balaban J connectivity index is 1.90. The second-order valence-corrected chi connectivity index (χ2v) is 10.3. The van der Waals surface area contributed by atoms with Crippen molar-refractivity contribution in [1.82, 2.24) is 4.57 Å². The third-order valence-electron chi connectivity index (χ3n) is 5.85. The molecule has 1 aromatic heterocycles. The first-order chi connectivity index (χ1) is 16.3. The summed E-state index contributed by atoms with van der Waals surface area (Å²) in [5.74, 6) is -0.0565. The van der Waals surface area contributed by atoms with E-state index in [-0.39, 0.29) is 12.2 Å². The molecule has 0 unspecified atom stereocenters. The average Bonchev–Trinajstić information content (AvgIpc) is 3.13. The Kier molecular flexibility index (Phi) is 7.24. The van der Waals surface area contributed by atoms with Crippen LogP contribution in [0.2, 0.25) is 0 Å². The number of hydrogen-bond donors (Lipinski definition) is 0. The van der Waals surface area contributed by atoms with E-state index < -0.39 is 12.0 Å². The zero-order chi connectivity index (χ0) is 24.4. The number of ether oxygens (including phenoxy) is 1. The van der Waals surface area contributed by atoms with E-state index in [1.165, 1.54) is 16.9 Å². The van der Waals surface area contributed by atoms with E-state index in [1.807, 2.05) is 48.7 Å². The smallest absolute Gasteiger partial charge is 0.338 e. The highest BCUT2D eigenvalue weighted by Gasteiger charge is 2.33. The van der Waals surface area contributed by atoms with Crippen LogP contribution in [0.25, 0.3) is 6.08 Å². The van der Waals surface area contributed by atoms with Gasteiger partial charge >= 0.3 is 5.97 Å². The number of esters is 1. The van der Waals surface area contributed by atoms with Crippen molar-refractivity contribution in [3.8, 4) is 0 Å². The summed E-state index contributed by atoms with van der Waals surface area (Å²) in [5, 5.41) is 0. The van der Waals surface area contributed by atoms with E-state index in [0.29, 0.717) is 26.5 Å². The molecule has 0 saturated heterocycles. The lowest BCUT2D eigenvalue weighted by Crippen LogP contribution is -2.39. The molecule has 34 heavy (non-hydrogen) atoms. The van der Waals surface area contributed by atoms with Crippen molar-refractivity contribution in [3.63, 3.8) is 0 Å². The van der Waals surface area contributed by atoms with Crippen molar-refractivity contribution in [2.45, 2.75) is 44.6 Å². The van der Waals surface area contributed by atoms with Gasteiger partial charge in [0, 0.05) is 4.90 Å². The van der Waals surface area contributed by atoms with E-state index in [9.17, 15) is 9.59 Å². The maximum atomic E-state index is 13.6. The number of thioether (sulfide) groups is 1. The van der Waals surface area contributed by atoms with Crippen LogP contribution in [-0.4, -0.2) is 23.4 Å². The maximum Gasteiger partial charge on any atom is 0.338 e. The Labute approximate surface area is 207 Å². The van der Waals surface area contributed by atoms with Crippen LogP contribution in [0.4, 0.5) is 0 Å². The predicted octanol–water partition coefficient (Wildman–Crippen LogP) is 4.64. The van der Waals surface area contributed by atoms with Crippen molar-refractivity contribution in [2.75, 3.05) is 12.9 Å². The van der Waals surface area contributed by atoms with Crippen LogP contribution in [0.15, 0.2) is 74.5 Å². The molecular weight excluding hydrogens is 464 g/mol. The molecule has 2 heterocycles. The van der Waals surface area contributed by atoms with Crippen molar-refractivity contribution in [1.29, 1.82) is 0 Å². The van der Waals surface area contributed by atoms with Crippen LogP contribution in [0.1, 0.15) is 56.3 Å². The van der Waals surface area contributed by atoms with Gasteiger partial charge in [-0.1, -0.05) is 61.6 Å². The Morgan fingerprint density at radius 2 is 1.85 bits per heavy atom. The number of rotatable bonds is 6. The summed E-state index contributed by atoms with van der Waals surface area (Å²) in [6, 6.07) is 15.6. The van der Waals surface area contributed by atoms with Crippen LogP contribution in [0.5, 0.6) is 0 Å². The molecule has 1 atom stereocenters. The molecular formula is C27H28N2O3S2. The molecule has 0 spiro atoms. The van der Waals surface area contributed by atoms with Crippen molar-refractivity contribution in [3.05, 3.63) is 96.2 Å². The minimum atomic E-state index is -0.586. The molecule has 7 heteroatoms. The number of aromatic nitrogens is 1. The fraction of sp³-hybridized carbons (Fsp3) is 0.296. The zero-order valence-electron chi connectivity index (χ0n) is 20.0. The summed E-state index contributed by atoms with van der Waals surface area (Å²) in [4.78, 5) is 33.0. The number of nitrogens with zero attached hydrogens (tertiary/aromatic N) is 2. The lowest BCUT2D eigenvalue weighted by molar-refractivity contribution is -0.139. The largest absolute Gasteiger partial charge is 0.463 e. The number of thiazole rings is 1. The molecule has 4 rings (SSSR count). The number of allylic oxidation sites excluding steroid dienone is 1. The SMILES string of the molecule is CCOC(=O)C1=C(C)N=c2s/c(=C\c3ccc(SC)cc3)c(=O)n2[C@@H]1c1ccc(C(C)C)cc1. The second kappa shape index (κ2) is 10.2. The van der Waals surface area contributed by atoms with E-state index in [4.69, 9.17) is 4.74 Å². The third kappa shape index (κ3) is 4.68. The first-order valence-electron chi connectivity index (χ1n) is 11.3. The maximum absolute atomic E-state index is 13.6. The predicted molar refractivity (Wildman–Crippen MR) is 139 cm³/mol. The number of carbonyl (C=O) groups is 1. The fourth-order valence-corrected chi connectivity index (χ4v) is 5.48. The summed E-state index contributed by atoms with van der Waals surface area (Å²) in [6.07, 6.45) is 3.92. The normalized spacial score (nSPS) is 15.9. The minimum absolute atomic E-state index is 0.162. The summed E-state index contributed by atoms with van der Waals surface area (Å²) >= 11 is 3.02. The molecule has 5 nitrogen and oxygen atoms in total. The molecule has 176 valence electrons. The first-order valence-corrected chi connectivity index (χ1v) is 13.3. The Morgan fingerprint density at radius 1 is 1.18 bits per heavy atom. The lowest BCUT2D eigenvalue weighted by Gasteiger charge is -2.25. The standard InChI is InChI=1S/C27H28N2O3S2/c1-6-32-26(31)23-17(4)28-27-29(24(23)20-11-9-19(10-12-20)16(2)3)25(30)22(34-27)15-18-7-13-21(33-5)14-8-18/h7-16,24H,6H2,1-5H3/b22-15-/t24-/m1/s1. The van der Waals surface area contributed by atoms with Crippen LogP contribution >= 0.6 is 23.1 Å². The molecule has 2 aromatic carbocycles. The van der Waals surface area contributed by atoms with Gasteiger partial charge in [0.25, 0.3) is 5.56 Å². The van der Waals surface area contributed by atoms with E-state index >= 15 is 0 Å². The number of benzene rings is 2. The van der Waals surface area contributed by atoms with Crippen LogP contribution in [0, 0.1) is 0 Å². The van der Waals surface area contributed by atoms with E-state index in [1.54, 1.807) is 30.2 Å². The summed E-state index contributed by atoms with van der Waals surface area (Å²) in [6.45, 7) is 8.11.